The molecule has 0 saturated heterocycles. The molecule has 0 spiro atoms. The van der Waals surface area contributed by atoms with Crippen molar-refractivity contribution in [3.05, 3.63) is 106 Å². The molecule has 1 N–H and O–H groups in total. The summed E-state index contributed by atoms with van der Waals surface area (Å²) < 4.78 is 2.65. The Balaban J connectivity index is 1.61. The van der Waals surface area contributed by atoms with Crippen LogP contribution >= 0.6 is 0 Å². The van der Waals surface area contributed by atoms with Crippen LogP contribution in [0.25, 0.3) is 11.6 Å². The first-order valence-electron chi connectivity index (χ1n) is 11.4. The molecule has 1 aliphatic rings. The van der Waals surface area contributed by atoms with Crippen LogP contribution in [0, 0.1) is 6.92 Å². The molecule has 0 heterocycles. The van der Waals surface area contributed by atoms with E-state index >= 15 is 0 Å². The standard InChI is InChI=1S/C30H30O2Se/c1-5-22(29(31)32)18-21-8-12-24(13-9-21)33-25-14-15-27-26(23-10-6-20(2)7-11-23)16-17-30(3,4)28(27)19-25/h6-16,18-19H,5,17H2,1-4H3,(H,31,32)/b22-18+. The summed E-state index contributed by atoms with van der Waals surface area (Å²) in [5.74, 6) is -0.846. The Kier molecular flexibility index (Phi) is 6.74. The van der Waals surface area contributed by atoms with Crippen molar-refractivity contribution in [1.82, 2.24) is 0 Å². The topological polar surface area (TPSA) is 37.3 Å². The molecule has 0 radical (unpaired) electrons. The molecule has 0 saturated carbocycles. The number of allylic oxidation sites excluding steroid dienone is 1. The summed E-state index contributed by atoms with van der Waals surface area (Å²) >= 11 is 0.193. The van der Waals surface area contributed by atoms with Gasteiger partial charge < -0.3 is 0 Å². The maximum absolute atomic E-state index is 11.3. The van der Waals surface area contributed by atoms with E-state index < -0.39 is 5.97 Å². The van der Waals surface area contributed by atoms with Gasteiger partial charge in [-0.2, -0.15) is 0 Å². The summed E-state index contributed by atoms with van der Waals surface area (Å²) in [6, 6.07) is 24.1. The predicted molar refractivity (Wildman–Crippen MR) is 140 cm³/mol. The molecule has 2 nitrogen and oxygen atoms in total. The van der Waals surface area contributed by atoms with Gasteiger partial charge in [0.2, 0.25) is 0 Å². The number of benzene rings is 3. The van der Waals surface area contributed by atoms with Crippen molar-refractivity contribution in [1.29, 1.82) is 0 Å². The first-order valence-corrected chi connectivity index (χ1v) is 13.1. The van der Waals surface area contributed by atoms with E-state index in [-0.39, 0.29) is 20.4 Å². The number of aryl methyl sites for hydroxylation is 1. The minimum atomic E-state index is -0.846. The van der Waals surface area contributed by atoms with E-state index in [1.54, 1.807) is 6.08 Å². The Labute approximate surface area is 203 Å². The third-order valence-electron chi connectivity index (χ3n) is 6.30. The second kappa shape index (κ2) is 9.55. The Morgan fingerprint density at radius 2 is 1.67 bits per heavy atom. The third kappa shape index (κ3) is 5.21. The first kappa shape index (κ1) is 23.3. The van der Waals surface area contributed by atoms with Crippen LogP contribution in [-0.4, -0.2) is 26.0 Å². The van der Waals surface area contributed by atoms with Crippen molar-refractivity contribution < 1.29 is 9.90 Å². The number of carbonyl (C=O) groups is 1. The average molecular weight is 502 g/mol. The van der Waals surface area contributed by atoms with Crippen LogP contribution in [0.15, 0.2) is 78.4 Å². The molecule has 3 heteroatoms. The van der Waals surface area contributed by atoms with Crippen molar-refractivity contribution in [2.45, 2.75) is 46.0 Å². The van der Waals surface area contributed by atoms with E-state index in [1.807, 2.05) is 19.1 Å². The Hall–Kier alpha value is -2.87. The van der Waals surface area contributed by atoms with E-state index in [0.29, 0.717) is 12.0 Å². The second-order valence-corrected chi connectivity index (χ2v) is 11.7. The van der Waals surface area contributed by atoms with Gasteiger partial charge in [-0.1, -0.05) is 0 Å². The zero-order chi connectivity index (χ0) is 23.6. The van der Waals surface area contributed by atoms with Crippen LogP contribution in [0.4, 0.5) is 0 Å². The average Bonchev–Trinajstić information content (AvgIpc) is 2.79. The van der Waals surface area contributed by atoms with Gasteiger partial charge in [0.05, 0.1) is 0 Å². The number of fused-ring (bicyclic) bond motifs is 1. The van der Waals surface area contributed by atoms with E-state index in [2.05, 4.69) is 81.4 Å². The summed E-state index contributed by atoms with van der Waals surface area (Å²) in [4.78, 5) is 11.3. The van der Waals surface area contributed by atoms with Crippen LogP contribution in [-0.2, 0) is 10.2 Å². The molecular weight excluding hydrogens is 471 g/mol. The molecule has 0 bridgehead atoms. The summed E-state index contributed by atoms with van der Waals surface area (Å²) in [6.07, 6.45) is 5.71. The zero-order valence-corrected chi connectivity index (χ0v) is 21.4. The normalized spacial score (nSPS) is 15.0. The van der Waals surface area contributed by atoms with Gasteiger partial charge in [0.1, 0.15) is 0 Å². The van der Waals surface area contributed by atoms with Gasteiger partial charge in [-0.25, -0.2) is 0 Å². The van der Waals surface area contributed by atoms with Gasteiger partial charge in [-0.15, -0.1) is 0 Å². The van der Waals surface area contributed by atoms with Crippen LogP contribution in [0.3, 0.4) is 0 Å². The van der Waals surface area contributed by atoms with E-state index in [4.69, 9.17) is 0 Å². The second-order valence-electron chi connectivity index (χ2n) is 9.28. The van der Waals surface area contributed by atoms with Crippen molar-refractivity contribution in [2.24, 2.45) is 0 Å². The fourth-order valence-corrected chi connectivity index (χ4v) is 6.05. The van der Waals surface area contributed by atoms with E-state index in [9.17, 15) is 9.90 Å². The number of rotatable bonds is 6. The van der Waals surface area contributed by atoms with Gasteiger partial charge in [0.25, 0.3) is 0 Å². The fourth-order valence-electron chi connectivity index (χ4n) is 4.25. The Morgan fingerprint density at radius 1 is 1.00 bits per heavy atom. The van der Waals surface area contributed by atoms with Crippen LogP contribution in [0.2, 0.25) is 0 Å². The van der Waals surface area contributed by atoms with Gasteiger partial charge in [-0.3, -0.25) is 0 Å². The molecule has 0 atom stereocenters. The summed E-state index contributed by atoms with van der Waals surface area (Å²) in [6.45, 7) is 8.66. The van der Waals surface area contributed by atoms with E-state index in [0.717, 1.165) is 12.0 Å². The molecule has 0 fully saturated rings. The van der Waals surface area contributed by atoms with Crippen molar-refractivity contribution >= 4 is 41.5 Å². The Bertz CT molecular complexity index is 1230. The predicted octanol–water partition coefficient (Wildman–Crippen LogP) is 5.64. The van der Waals surface area contributed by atoms with Crippen LogP contribution in [0.1, 0.15) is 61.4 Å². The number of aliphatic carboxylic acids is 1. The van der Waals surface area contributed by atoms with E-state index in [1.165, 1.54) is 36.8 Å². The number of carboxylic acid groups (broad SMARTS) is 1. The first-order chi connectivity index (χ1) is 15.8. The molecule has 0 aliphatic heterocycles. The summed E-state index contributed by atoms with van der Waals surface area (Å²) in [5, 5.41) is 9.26. The van der Waals surface area contributed by atoms with Crippen molar-refractivity contribution in [3.63, 3.8) is 0 Å². The number of hydrogen-bond donors (Lipinski definition) is 1. The molecule has 3 aromatic carbocycles. The molecule has 3 aromatic rings. The van der Waals surface area contributed by atoms with Gasteiger partial charge in [0.15, 0.2) is 0 Å². The van der Waals surface area contributed by atoms with Crippen molar-refractivity contribution in [3.8, 4) is 0 Å². The van der Waals surface area contributed by atoms with Gasteiger partial charge >= 0.3 is 204 Å². The van der Waals surface area contributed by atoms with Crippen LogP contribution < -0.4 is 8.92 Å². The molecule has 1 aliphatic carbocycles. The monoisotopic (exact) mass is 502 g/mol. The van der Waals surface area contributed by atoms with Gasteiger partial charge in [0, 0.05) is 0 Å². The molecule has 33 heavy (non-hydrogen) atoms. The molecular formula is C30H30O2Se. The molecule has 0 aromatic heterocycles. The van der Waals surface area contributed by atoms with Gasteiger partial charge in [-0.05, 0) is 0 Å². The molecule has 4 rings (SSSR count). The SMILES string of the molecule is CC/C(=C\c1ccc([Se]c2ccc3c(c2)C(C)(C)CC=C3c2ccc(C)cc2)cc1)C(=O)O. The van der Waals surface area contributed by atoms with Crippen LogP contribution in [0.5, 0.6) is 0 Å². The van der Waals surface area contributed by atoms with Crippen molar-refractivity contribution in [2.75, 3.05) is 0 Å². The summed E-state index contributed by atoms with van der Waals surface area (Å²) in [7, 11) is 0. The molecule has 0 amide bonds. The minimum absolute atomic E-state index is 0.109. The quantitative estimate of drug-likeness (QED) is 0.351. The Morgan fingerprint density at radius 3 is 2.30 bits per heavy atom. The third-order valence-corrected chi connectivity index (χ3v) is 8.39. The number of carboxylic acids is 1. The molecule has 0 unspecified atom stereocenters. The fraction of sp³-hybridized carbons (Fsp3) is 0.233. The number of hydrogen-bond acceptors (Lipinski definition) is 1. The summed E-state index contributed by atoms with van der Waals surface area (Å²) in [5.41, 5.74) is 8.15. The molecule has 168 valence electrons. The maximum atomic E-state index is 11.3. The zero-order valence-electron chi connectivity index (χ0n) is 19.7.